The molecule has 3 nitrogen and oxygen atoms in total. The van der Waals surface area contributed by atoms with E-state index in [1.165, 1.54) is 0 Å². The molecule has 1 rings (SSSR count). The summed E-state index contributed by atoms with van der Waals surface area (Å²) in [5, 5.41) is 0. The molecule has 0 saturated carbocycles. The molecule has 46 valence electrons. The molecule has 1 atom stereocenters. The average molecular weight is 134 g/mol. The van der Waals surface area contributed by atoms with Crippen molar-refractivity contribution in [3.05, 3.63) is 0 Å². The van der Waals surface area contributed by atoms with E-state index in [2.05, 4.69) is 10.1 Å². The molecule has 1 saturated heterocycles. The zero-order valence-electron chi connectivity index (χ0n) is 4.25. The van der Waals surface area contributed by atoms with Gasteiger partial charge in [0.05, 0.1) is 12.2 Å². The molecule has 8 heavy (non-hydrogen) atoms. The highest BCUT2D eigenvalue weighted by atomic mass is 32.2. The van der Waals surface area contributed by atoms with Crippen LogP contribution in [0.25, 0.3) is 0 Å². The zero-order chi connectivity index (χ0) is 6.20. The van der Waals surface area contributed by atoms with Crippen LogP contribution < -0.4 is 0 Å². The SMILES string of the molecule is C=S1(=O)CCC(=O)O1. The molecule has 1 aliphatic rings. The topological polar surface area (TPSA) is 43.4 Å². The second-order valence-electron chi connectivity index (χ2n) is 1.65. The highest BCUT2D eigenvalue weighted by molar-refractivity contribution is 7.96. The summed E-state index contributed by atoms with van der Waals surface area (Å²) in [6.07, 6.45) is 0.252. The van der Waals surface area contributed by atoms with Crippen LogP contribution in [0, 0.1) is 0 Å². The van der Waals surface area contributed by atoms with Gasteiger partial charge in [0, 0.05) is 0 Å². The number of hydrogen-bond acceptors (Lipinski definition) is 3. The summed E-state index contributed by atoms with van der Waals surface area (Å²) in [6, 6.07) is 0. The number of carbonyl (C=O) groups is 1. The Bertz CT molecular complexity index is 201. The summed E-state index contributed by atoms with van der Waals surface area (Å²) in [7, 11) is -2.45. The van der Waals surface area contributed by atoms with Crippen molar-refractivity contribution in [2.45, 2.75) is 6.42 Å². The Labute approximate surface area is 47.9 Å². The fourth-order valence-corrected chi connectivity index (χ4v) is 1.47. The Morgan fingerprint density at radius 1 is 1.75 bits per heavy atom. The molecule has 1 unspecified atom stereocenters. The lowest BCUT2D eigenvalue weighted by Gasteiger charge is -1.91. The second kappa shape index (κ2) is 1.48. The van der Waals surface area contributed by atoms with E-state index in [1.807, 2.05) is 0 Å². The number of hydrogen-bond donors (Lipinski definition) is 0. The van der Waals surface area contributed by atoms with Crippen molar-refractivity contribution >= 4 is 21.6 Å². The molecular weight excluding hydrogens is 128 g/mol. The van der Waals surface area contributed by atoms with Gasteiger partial charge in [-0.1, -0.05) is 0 Å². The standard InChI is InChI=1S/C4H6O3S/c1-8(6)3-2-4(5)7-8/h1-3H2. The molecule has 0 aromatic carbocycles. The molecule has 0 aliphatic carbocycles. The smallest absolute Gasteiger partial charge is 0.320 e. The molecule has 0 aromatic rings. The summed E-state index contributed by atoms with van der Waals surface area (Å²) in [5.74, 6) is 3.09. The number of carbonyl (C=O) groups excluding carboxylic acids is 1. The second-order valence-corrected chi connectivity index (χ2v) is 3.72. The van der Waals surface area contributed by atoms with Crippen LogP contribution in [0.15, 0.2) is 0 Å². The third-order valence-corrected chi connectivity index (χ3v) is 2.18. The molecule has 0 aromatic heterocycles. The van der Waals surface area contributed by atoms with E-state index in [0.717, 1.165) is 0 Å². The Kier molecular flexibility index (Phi) is 1.04. The zero-order valence-corrected chi connectivity index (χ0v) is 5.07. The van der Waals surface area contributed by atoms with Crippen molar-refractivity contribution in [1.82, 2.24) is 0 Å². The monoisotopic (exact) mass is 134 g/mol. The van der Waals surface area contributed by atoms with Crippen molar-refractivity contribution in [3.8, 4) is 0 Å². The summed E-state index contributed by atoms with van der Waals surface area (Å²) in [4.78, 5) is 10.2. The normalized spacial score (nSPS) is 37.2. The molecule has 0 spiro atoms. The van der Waals surface area contributed by atoms with Gasteiger partial charge in [-0.2, -0.15) is 0 Å². The third-order valence-electron chi connectivity index (χ3n) is 0.862. The molecule has 0 amide bonds. The lowest BCUT2D eigenvalue weighted by atomic mass is 10.5. The predicted molar refractivity (Wildman–Crippen MR) is 30.8 cm³/mol. The van der Waals surface area contributed by atoms with E-state index in [1.54, 1.807) is 0 Å². The largest absolute Gasteiger partial charge is 0.374 e. The van der Waals surface area contributed by atoms with Crippen LogP contribution in [-0.4, -0.2) is 21.8 Å². The predicted octanol–water partition coefficient (Wildman–Crippen LogP) is -0.435. The van der Waals surface area contributed by atoms with Crippen molar-refractivity contribution in [3.63, 3.8) is 0 Å². The van der Waals surface area contributed by atoms with Crippen molar-refractivity contribution < 1.29 is 13.2 Å². The summed E-state index contributed by atoms with van der Waals surface area (Å²) < 4.78 is 15.0. The molecule has 1 aliphatic heterocycles. The maximum Gasteiger partial charge on any atom is 0.320 e. The van der Waals surface area contributed by atoms with Gasteiger partial charge in [-0.3, -0.25) is 4.79 Å². The first-order chi connectivity index (χ1) is 3.60. The lowest BCUT2D eigenvalue weighted by Crippen LogP contribution is -1.98. The van der Waals surface area contributed by atoms with Gasteiger partial charge >= 0.3 is 5.97 Å². The highest BCUT2D eigenvalue weighted by Gasteiger charge is 2.20. The third kappa shape index (κ3) is 1.01. The molecule has 0 bridgehead atoms. The van der Waals surface area contributed by atoms with Crippen molar-refractivity contribution in [2.24, 2.45) is 0 Å². The van der Waals surface area contributed by atoms with Gasteiger partial charge in [0.15, 0.2) is 0 Å². The summed E-state index contributed by atoms with van der Waals surface area (Å²) in [5.41, 5.74) is 0. The van der Waals surface area contributed by atoms with Gasteiger partial charge in [-0.05, 0) is 5.87 Å². The fourth-order valence-electron chi connectivity index (χ4n) is 0.492. The van der Waals surface area contributed by atoms with Crippen molar-refractivity contribution in [2.75, 3.05) is 5.75 Å². The lowest BCUT2D eigenvalue weighted by molar-refractivity contribution is -0.131. The minimum atomic E-state index is -2.45. The number of rotatable bonds is 0. The Balaban J connectivity index is 2.86. The van der Waals surface area contributed by atoms with Crippen LogP contribution in [-0.2, 0) is 18.8 Å². The van der Waals surface area contributed by atoms with Gasteiger partial charge in [-0.25, -0.2) is 4.21 Å². The molecular formula is C4H6O3S. The first kappa shape index (κ1) is 5.62. The first-order valence-corrected chi connectivity index (χ1v) is 3.99. The van der Waals surface area contributed by atoms with Crippen LogP contribution in [0.1, 0.15) is 6.42 Å². The van der Waals surface area contributed by atoms with E-state index in [4.69, 9.17) is 0 Å². The van der Waals surface area contributed by atoms with Crippen LogP contribution in [0.4, 0.5) is 0 Å². The van der Waals surface area contributed by atoms with E-state index in [0.29, 0.717) is 0 Å². The van der Waals surface area contributed by atoms with Crippen LogP contribution in [0.3, 0.4) is 0 Å². The Morgan fingerprint density at radius 3 is 2.50 bits per heavy atom. The van der Waals surface area contributed by atoms with Crippen LogP contribution in [0.5, 0.6) is 0 Å². The minimum Gasteiger partial charge on any atom is -0.374 e. The van der Waals surface area contributed by atoms with Gasteiger partial charge in [0.25, 0.3) is 0 Å². The Hall–Kier alpha value is -0.510. The Morgan fingerprint density at radius 2 is 2.38 bits per heavy atom. The molecule has 0 radical (unpaired) electrons. The summed E-state index contributed by atoms with van der Waals surface area (Å²) >= 11 is 0. The average Bonchev–Trinajstić information content (AvgIpc) is 1.82. The minimum absolute atomic E-state index is 0.252. The maximum atomic E-state index is 10.6. The van der Waals surface area contributed by atoms with E-state index in [-0.39, 0.29) is 12.2 Å². The van der Waals surface area contributed by atoms with Crippen molar-refractivity contribution in [1.29, 1.82) is 0 Å². The fraction of sp³-hybridized carbons (Fsp3) is 0.500. The quantitative estimate of drug-likeness (QED) is 0.422. The van der Waals surface area contributed by atoms with Crippen LogP contribution in [0.2, 0.25) is 0 Å². The van der Waals surface area contributed by atoms with Crippen LogP contribution >= 0.6 is 0 Å². The van der Waals surface area contributed by atoms with Gasteiger partial charge in [0.1, 0.15) is 9.80 Å². The molecule has 1 heterocycles. The molecule has 0 N–H and O–H groups in total. The molecule has 4 heteroatoms. The van der Waals surface area contributed by atoms with Gasteiger partial charge in [-0.15, -0.1) is 0 Å². The molecule has 1 fully saturated rings. The van der Waals surface area contributed by atoms with E-state index < -0.39 is 15.8 Å². The maximum absolute atomic E-state index is 10.6. The first-order valence-electron chi connectivity index (χ1n) is 2.17. The highest BCUT2D eigenvalue weighted by Crippen LogP contribution is 2.07. The van der Waals surface area contributed by atoms with E-state index >= 15 is 0 Å². The summed E-state index contributed by atoms with van der Waals surface area (Å²) in [6.45, 7) is 0. The van der Waals surface area contributed by atoms with Gasteiger partial charge < -0.3 is 4.18 Å². The van der Waals surface area contributed by atoms with Gasteiger partial charge in [0.2, 0.25) is 0 Å². The van der Waals surface area contributed by atoms with E-state index in [9.17, 15) is 9.00 Å².